The molecule has 0 aliphatic carbocycles. The van der Waals surface area contributed by atoms with Crippen LogP contribution in [0.5, 0.6) is 11.5 Å². The zero-order valence-corrected chi connectivity index (χ0v) is 19.6. The molecule has 3 aromatic carbocycles. The van der Waals surface area contributed by atoms with E-state index in [1.807, 2.05) is 25.1 Å². The smallest absolute Gasteiger partial charge is 0.136 e. The predicted molar refractivity (Wildman–Crippen MR) is 127 cm³/mol. The number of halogens is 1. The summed E-state index contributed by atoms with van der Waals surface area (Å²) in [5.74, 6) is 2.90. The minimum atomic E-state index is 0. The van der Waals surface area contributed by atoms with Crippen LogP contribution in [0.2, 0.25) is 0 Å². The third-order valence-electron chi connectivity index (χ3n) is 6.14. The Morgan fingerprint density at radius 2 is 1.58 bits per heavy atom. The molecular formula is C28H29ClNO3-. The zero-order valence-electron chi connectivity index (χ0n) is 18.9. The molecule has 0 amide bonds. The van der Waals surface area contributed by atoms with E-state index >= 15 is 0 Å². The molecule has 33 heavy (non-hydrogen) atoms. The Morgan fingerprint density at radius 1 is 0.879 bits per heavy atom. The van der Waals surface area contributed by atoms with E-state index in [4.69, 9.17) is 14.2 Å². The molecule has 0 radical (unpaired) electrons. The van der Waals surface area contributed by atoms with Crippen LogP contribution in [0.3, 0.4) is 0 Å². The minimum absolute atomic E-state index is 0. The molecule has 1 unspecified atom stereocenters. The number of fused-ring (bicyclic) bond motifs is 1. The SMILES string of the molecule is CCOc1ccc(C2=C(CN3CCOCC3)C(c3ccccc3)c3ccccc3O2)cc1.[Cl-]. The van der Waals surface area contributed by atoms with E-state index in [9.17, 15) is 0 Å². The number of para-hydroxylation sites is 1. The summed E-state index contributed by atoms with van der Waals surface area (Å²) in [7, 11) is 0. The van der Waals surface area contributed by atoms with E-state index in [1.165, 1.54) is 16.7 Å². The van der Waals surface area contributed by atoms with Gasteiger partial charge in [0.15, 0.2) is 0 Å². The van der Waals surface area contributed by atoms with Gasteiger partial charge in [-0.15, -0.1) is 0 Å². The van der Waals surface area contributed by atoms with Gasteiger partial charge in [-0.2, -0.15) is 0 Å². The second-order valence-corrected chi connectivity index (χ2v) is 8.18. The van der Waals surface area contributed by atoms with Crippen molar-refractivity contribution in [2.45, 2.75) is 12.8 Å². The van der Waals surface area contributed by atoms with Crippen LogP contribution in [0, 0.1) is 0 Å². The predicted octanol–water partition coefficient (Wildman–Crippen LogP) is 2.36. The summed E-state index contributed by atoms with van der Waals surface area (Å²) in [6.07, 6.45) is 0. The molecule has 5 heteroatoms. The molecule has 5 rings (SSSR count). The molecule has 1 fully saturated rings. The lowest BCUT2D eigenvalue weighted by molar-refractivity contribution is -0.00000881. The Balaban J connectivity index is 0.00000259. The summed E-state index contributed by atoms with van der Waals surface area (Å²) < 4.78 is 17.9. The first-order valence-corrected chi connectivity index (χ1v) is 11.4. The lowest BCUT2D eigenvalue weighted by Gasteiger charge is -2.35. The first kappa shape index (κ1) is 23.4. The number of hydrogen-bond acceptors (Lipinski definition) is 4. The summed E-state index contributed by atoms with van der Waals surface area (Å²) in [5, 5.41) is 0. The molecule has 4 nitrogen and oxygen atoms in total. The third-order valence-corrected chi connectivity index (χ3v) is 6.14. The highest BCUT2D eigenvalue weighted by Gasteiger charge is 2.32. The Hall–Kier alpha value is -2.79. The van der Waals surface area contributed by atoms with Crippen LogP contribution in [-0.2, 0) is 4.74 Å². The highest BCUT2D eigenvalue weighted by Crippen LogP contribution is 2.46. The maximum absolute atomic E-state index is 6.60. The van der Waals surface area contributed by atoms with Gasteiger partial charge in [-0.3, -0.25) is 4.90 Å². The molecule has 2 heterocycles. The Bertz CT molecular complexity index is 1080. The second-order valence-electron chi connectivity index (χ2n) is 8.18. The van der Waals surface area contributed by atoms with Gasteiger partial charge in [0.05, 0.1) is 19.8 Å². The van der Waals surface area contributed by atoms with Crippen molar-refractivity contribution in [3.63, 3.8) is 0 Å². The van der Waals surface area contributed by atoms with Gasteiger partial charge in [0.2, 0.25) is 0 Å². The van der Waals surface area contributed by atoms with E-state index in [-0.39, 0.29) is 18.3 Å². The van der Waals surface area contributed by atoms with E-state index < -0.39 is 0 Å². The van der Waals surface area contributed by atoms with Gasteiger partial charge in [0, 0.05) is 36.7 Å². The number of morpholine rings is 1. The third kappa shape index (κ3) is 5.09. The molecule has 0 spiro atoms. The topological polar surface area (TPSA) is 30.9 Å². The second kappa shape index (κ2) is 10.9. The quantitative estimate of drug-likeness (QED) is 0.562. The van der Waals surface area contributed by atoms with Crippen LogP contribution in [-0.4, -0.2) is 44.4 Å². The van der Waals surface area contributed by atoms with Gasteiger partial charge in [0.1, 0.15) is 17.3 Å². The van der Waals surface area contributed by atoms with Crippen LogP contribution in [0.15, 0.2) is 84.4 Å². The van der Waals surface area contributed by atoms with Crippen molar-refractivity contribution in [3.05, 3.63) is 101 Å². The molecule has 1 saturated heterocycles. The monoisotopic (exact) mass is 462 g/mol. The normalized spacial score (nSPS) is 18.2. The van der Waals surface area contributed by atoms with Crippen molar-refractivity contribution in [3.8, 4) is 11.5 Å². The van der Waals surface area contributed by atoms with Gasteiger partial charge in [0.25, 0.3) is 0 Å². The molecule has 2 aliphatic heterocycles. The number of benzene rings is 3. The largest absolute Gasteiger partial charge is 1.00 e. The van der Waals surface area contributed by atoms with Crippen molar-refractivity contribution in [1.82, 2.24) is 4.90 Å². The lowest BCUT2D eigenvalue weighted by Crippen LogP contribution is -3.00. The van der Waals surface area contributed by atoms with Crippen LogP contribution < -0.4 is 21.9 Å². The highest BCUT2D eigenvalue weighted by molar-refractivity contribution is 5.73. The van der Waals surface area contributed by atoms with Crippen LogP contribution in [0.25, 0.3) is 5.76 Å². The standard InChI is InChI=1S/C28H29NO3.ClH/c1-2-31-23-14-12-22(13-15-23)28-25(20-29-16-18-30-19-17-29)27(21-8-4-3-5-9-21)24-10-6-7-11-26(24)32-28;/h3-15,27H,2,16-20H2,1H3;1H/p-1. The van der Waals surface area contributed by atoms with Gasteiger partial charge in [-0.25, -0.2) is 0 Å². The van der Waals surface area contributed by atoms with Crippen molar-refractivity contribution >= 4 is 5.76 Å². The zero-order chi connectivity index (χ0) is 21.8. The maximum Gasteiger partial charge on any atom is 0.136 e. The lowest BCUT2D eigenvalue weighted by atomic mass is 9.81. The average molecular weight is 463 g/mol. The molecular weight excluding hydrogens is 434 g/mol. The van der Waals surface area contributed by atoms with Crippen LogP contribution in [0.1, 0.15) is 29.5 Å². The molecule has 0 bridgehead atoms. The molecule has 0 N–H and O–H groups in total. The van der Waals surface area contributed by atoms with Gasteiger partial charge >= 0.3 is 0 Å². The van der Waals surface area contributed by atoms with Gasteiger partial charge < -0.3 is 26.6 Å². The highest BCUT2D eigenvalue weighted by atomic mass is 35.5. The number of rotatable bonds is 6. The number of nitrogens with zero attached hydrogens (tertiary/aromatic N) is 1. The summed E-state index contributed by atoms with van der Waals surface area (Å²) in [5.41, 5.74) is 4.87. The van der Waals surface area contributed by atoms with Crippen molar-refractivity contribution in [1.29, 1.82) is 0 Å². The minimum Gasteiger partial charge on any atom is -1.00 e. The summed E-state index contributed by atoms with van der Waals surface area (Å²) in [4.78, 5) is 2.47. The Labute approximate surface area is 202 Å². The molecule has 3 aromatic rings. The fourth-order valence-electron chi connectivity index (χ4n) is 4.61. The molecule has 172 valence electrons. The average Bonchev–Trinajstić information content (AvgIpc) is 2.85. The Kier molecular flexibility index (Phi) is 7.71. The van der Waals surface area contributed by atoms with Crippen LogP contribution >= 0.6 is 0 Å². The first-order valence-electron chi connectivity index (χ1n) is 11.4. The van der Waals surface area contributed by atoms with E-state index in [1.54, 1.807) is 0 Å². The molecule has 2 aliphatic rings. The summed E-state index contributed by atoms with van der Waals surface area (Å²) in [6, 6.07) is 27.5. The number of ether oxygens (including phenoxy) is 3. The van der Waals surface area contributed by atoms with E-state index in [0.29, 0.717) is 6.61 Å². The fraction of sp³-hybridized carbons (Fsp3) is 0.286. The molecule has 0 saturated carbocycles. The summed E-state index contributed by atoms with van der Waals surface area (Å²) in [6.45, 7) is 6.93. The summed E-state index contributed by atoms with van der Waals surface area (Å²) >= 11 is 0. The number of hydrogen-bond donors (Lipinski definition) is 0. The first-order chi connectivity index (χ1) is 15.8. The maximum atomic E-state index is 6.60. The molecule has 0 aromatic heterocycles. The van der Waals surface area contributed by atoms with E-state index in [2.05, 4.69) is 65.6 Å². The van der Waals surface area contributed by atoms with Crippen molar-refractivity contribution in [2.75, 3.05) is 39.5 Å². The molecule has 1 atom stereocenters. The van der Waals surface area contributed by atoms with Gasteiger partial charge in [-0.1, -0.05) is 48.5 Å². The van der Waals surface area contributed by atoms with Crippen molar-refractivity contribution in [2.24, 2.45) is 0 Å². The van der Waals surface area contributed by atoms with E-state index in [0.717, 1.165) is 55.7 Å². The fourth-order valence-corrected chi connectivity index (χ4v) is 4.61. The van der Waals surface area contributed by atoms with Crippen molar-refractivity contribution < 1.29 is 26.6 Å². The Morgan fingerprint density at radius 3 is 2.30 bits per heavy atom. The van der Waals surface area contributed by atoms with Crippen LogP contribution in [0.4, 0.5) is 0 Å². The van der Waals surface area contributed by atoms with Gasteiger partial charge in [-0.05, 0) is 48.4 Å².